The number of benzene rings is 3. The molecule has 0 amide bonds. The molecule has 0 radical (unpaired) electrons. The van der Waals surface area contributed by atoms with Crippen LogP contribution in [0, 0.1) is 0 Å². The van der Waals surface area contributed by atoms with E-state index in [-0.39, 0.29) is 6.61 Å². The molecule has 7 heteroatoms. The molecule has 7 nitrogen and oxygen atoms in total. The lowest BCUT2D eigenvalue weighted by atomic mass is 9.87. The molecular weight excluding hydrogens is 496 g/mol. The smallest absolute Gasteiger partial charge is 0.333 e. The number of fused-ring (bicyclic) bond motifs is 2. The highest BCUT2D eigenvalue weighted by atomic mass is 16.6. The zero-order valence-electron chi connectivity index (χ0n) is 22.7. The third-order valence-corrected chi connectivity index (χ3v) is 6.43. The molecule has 0 heterocycles. The van der Waals surface area contributed by atoms with E-state index in [1.165, 1.54) is 11.1 Å². The van der Waals surface area contributed by atoms with E-state index in [4.69, 9.17) is 28.4 Å². The zero-order valence-corrected chi connectivity index (χ0v) is 22.7. The second kappa shape index (κ2) is 15.1. The van der Waals surface area contributed by atoms with Crippen molar-refractivity contribution >= 4 is 16.7 Å². The summed E-state index contributed by atoms with van der Waals surface area (Å²) < 4.78 is 34.7. The van der Waals surface area contributed by atoms with Crippen LogP contribution in [-0.2, 0) is 31.8 Å². The van der Waals surface area contributed by atoms with Crippen LogP contribution in [-0.4, -0.2) is 58.8 Å². The highest BCUT2D eigenvalue weighted by Gasteiger charge is 2.23. The lowest BCUT2D eigenvalue weighted by molar-refractivity contribution is -0.140. The first-order valence-corrected chi connectivity index (χ1v) is 13.6. The summed E-state index contributed by atoms with van der Waals surface area (Å²) in [5.41, 5.74) is 2.87. The zero-order chi connectivity index (χ0) is 27.3. The van der Waals surface area contributed by atoms with Crippen LogP contribution in [0.15, 0.2) is 66.7 Å². The Bertz CT molecular complexity index is 1220. The van der Waals surface area contributed by atoms with Crippen molar-refractivity contribution in [3.05, 3.63) is 77.9 Å². The summed E-state index contributed by atoms with van der Waals surface area (Å²) in [5.74, 6) is 2.33. The van der Waals surface area contributed by atoms with Crippen LogP contribution in [0.2, 0.25) is 0 Å². The predicted octanol–water partition coefficient (Wildman–Crippen LogP) is 5.71. The van der Waals surface area contributed by atoms with E-state index in [1.807, 2.05) is 42.5 Å². The molecular formula is C32H38O7. The molecule has 0 N–H and O–H groups in total. The Balaban J connectivity index is 1.30. The van der Waals surface area contributed by atoms with Gasteiger partial charge in [-0.25, -0.2) is 4.79 Å². The Morgan fingerprint density at radius 3 is 1.74 bits per heavy atom. The lowest BCUT2D eigenvalue weighted by Gasteiger charge is -2.25. The number of esters is 1. The van der Waals surface area contributed by atoms with Crippen molar-refractivity contribution in [2.45, 2.75) is 32.6 Å². The first-order chi connectivity index (χ1) is 19.1. The standard InChI is InChI=1S/C32H38O7/c1-24(2)32(33)39-21-19-35-17-16-34-18-20-37-30-26-12-6-8-14-28(26)31(29-15-9-7-13-27(29)30)38-23-22-36-25-10-4-3-5-11-25/h3-6,8,10-12,14H,1,7,9,13,15-23H2,2H3. The van der Waals surface area contributed by atoms with E-state index in [0.29, 0.717) is 51.8 Å². The summed E-state index contributed by atoms with van der Waals surface area (Å²) in [6.07, 6.45) is 4.21. The molecule has 1 aliphatic rings. The molecule has 0 aromatic heterocycles. The summed E-state index contributed by atoms with van der Waals surface area (Å²) in [6, 6.07) is 18.1. The molecule has 208 valence electrons. The molecule has 4 rings (SSSR count). The number of ether oxygens (including phenoxy) is 6. The quantitative estimate of drug-likeness (QED) is 0.132. The van der Waals surface area contributed by atoms with Gasteiger partial charge >= 0.3 is 5.97 Å². The van der Waals surface area contributed by atoms with Crippen LogP contribution >= 0.6 is 0 Å². The van der Waals surface area contributed by atoms with Gasteiger partial charge in [0.15, 0.2) is 0 Å². The number of carbonyl (C=O) groups is 1. The summed E-state index contributed by atoms with van der Waals surface area (Å²) in [4.78, 5) is 11.3. The van der Waals surface area contributed by atoms with E-state index < -0.39 is 5.97 Å². The van der Waals surface area contributed by atoms with Gasteiger partial charge in [0.05, 0.1) is 26.4 Å². The molecule has 39 heavy (non-hydrogen) atoms. The summed E-state index contributed by atoms with van der Waals surface area (Å²) in [7, 11) is 0. The molecule has 1 aliphatic carbocycles. The highest BCUT2D eigenvalue weighted by Crippen LogP contribution is 2.44. The van der Waals surface area contributed by atoms with E-state index in [0.717, 1.165) is 53.7 Å². The summed E-state index contributed by atoms with van der Waals surface area (Å²) in [5, 5.41) is 2.12. The molecule has 0 saturated heterocycles. The molecule has 0 bridgehead atoms. The fraction of sp³-hybridized carbons (Fsp3) is 0.406. The summed E-state index contributed by atoms with van der Waals surface area (Å²) >= 11 is 0. The van der Waals surface area contributed by atoms with Gasteiger partial charge < -0.3 is 28.4 Å². The number of para-hydroxylation sites is 1. The fourth-order valence-corrected chi connectivity index (χ4v) is 4.60. The lowest BCUT2D eigenvalue weighted by Crippen LogP contribution is -2.16. The van der Waals surface area contributed by atoms with Crippen LogP contribution in [0.3, 0.4) is 0 Å². The number of carbonyl (C=O) groups excluding carboxylic acids is 1. The first-order valence-electron chi connectivity index (χ1n) is 13.6. The second-order valence-corrected chi connectivity index (χ2v) is 9.37. The molecule has 3 aromatic rings. The molecule has 0 saturated carbocycles. The Morgan fingerprint density at radius 2 is 1.15 bits per heavy atom. The molecule has 0 fully saturated rings. The minimum atomic E-state index is -0.404. The van der Waals surface area contributed by atoms with Crippen molar-refractivity contribution < 1.29 is 33.2 Å². The van der Waals surface area contributed by atoms with Gasteiger partial charge in [0, 0.05) is 27.5 Å². The van der Waals surface area contributed by atoms with E-state index in [2.05, 4.69) is 18.7 Å². The van der Waals surface area contributed by atoms with Crippen LogP contribution in [0.5, 0.6) is 17.2 Å². The van der Waals surface area contributed by atoms with Gasteiger partial charge in [0.2, 0.25) is 0 Å². The van der Waals surface area contributed by atoms with E-state index in [1.54, 1.807) is 6.92 Å². The second-order valence-electron chi connectivity index (χ2n) is 9.37. The van der Waals surface area contributed by atoms with Gasteiger partial charge in [-0.05, 0) is 44.7 Å². The SMILES string of the molecule is C=C(C)C(=O)OCCOCCOCCOc1c2c(c(OCCOc3ccccc3)c3ccccc13)CCCC2. The fourth-order valence-electron chi connectivity index (χ4n) is 4.60. The van der Waals surface area contributed by atoms with Gasteiger partial charge in [-0.2, -0.15) is 0 Å². The van der Waals surface area contributed by atoms with Crippen molar-refractivity contribution in [1.29, 1.82) is 0 Å². The van der Waals surface area contributed by atoms with Gasteiger partial charge in [0.25, 0.3) is 0 Å². The largest absolute Gasteiger partial charge is 0.490 e. The van der Waals surface area contributed by atoms with Crippen molar-refractivity contribution in [2.75, 3.05) is 52.9 Å². The van der Waals surface area contributed by atoms with Crippen LogP contribution in [0.25, 0.3) is 10.8 Å². The third kappa shape index (κ3) is 8.22. The third-order valence-electron chi connectivity index (χ3n) is 6.43. The number of hydrogen-bond donors (Lipinski definition) is 0. The molecule has 0 spiro atoms. The minimum Gasteiger partial charge on any atom is -0.490 e. The molecule has 0 unspecified atom stereocenters. The molecule has 0 aliphatic heterocycles. The maximum absolute atomic E-state index is 11.3. The van der Waals surface area contributed by atoms with Gasteiger partial charge in [-0.15, -0.1) is 0 Å². The Kier molecular flexibility index (Phi) is 11.1. The van der Waals surface area contributed by atoms with Crippen LogP contribution in [0.4, 0.5) is 0 Å². The molecule has 0 atom stereocenters. The number of hydrogen-bond acceptors (Lipinski definition) is 7. The minimum absolute atomic E-state index is 0.201. The Morgan fingerprint density at radius 1 is 0.667 bits per heavy atom. The van der Waals surface area contributed by atoms with Crippen molar-refractivity contribution in [2.24, 2.45) is 0 Å². The maximum Gasteiger partial charge on any atom is 0.333 e. The maximum atomic E-state index is 11.3. The van der Waals surface area contributed by atoms with E-state index in [9.17, 15) is 4.79 Å². The summed E-state index contributed by atoms with van der Waals surface area (Å²) in [6.45, 7) is 8.38. The molecule has 3 aromatic carbocycles. The van der Waals surface area contributed by atoms with Gasteiger partial charge in [0.1, 0.15) is 43.7 Å². The van der Waals surface area contributed by atoms with E-state index >= 15 is 0 Å². The number of rotatable bonds is 16. The Hall–Kier alpha value is -3.55. The van der Waals surface area contributed by atoms with Gasteiger partial charge in [-0.3, -0.25) is 0 Å². The van der Waals surface area contributed by atoms with Crippen molar-refractivity contribution in [3.8, 4) is 17.2 Å². The predicted molar refractivity (Wildman–Crippen MR) is 151 cm³/mol. The average molecular weight is 535 g/mol. The topological polar surface area (TPSA) is 72.5 Å². The van der Waals surface area contributed by atoms with Crippen LogP contribution in [0.1, 0.15) is 30.9 Å². The van der Waals surface area contributed by atoms with Gasteiger partial charge in [-0.1, -0.05) is 49.0 Å². The average Bonchev–Trinajstić information content (AvgIpc) is 2.97. The normalized spacial score (nSPS) is 12.5. The monoisotopic (exact) mass is 534 g/mol. The Labute approximate surface area is 230 Å². The van der Waals surface area contributed by atoms with Crippen LogP contribution < -0.4 is 14.2 Å². The highest BCUT2D eigenvalue weighted by molar-refractivity contribution is 5.96. The van der Waals surface area contributed by atoms with Crippen molar-refractivity contribution in [3.63, 3.8) is 0 Å². The van der Waals surface area contributed by atoms with Crippen molar-refractivity contribution in [1.82, 2.24) is 0 Å². The first kappa shape index (κ1) is 28.5.